The fourth-order valence-electron chi connectivity index (χ4n) is 4.86. The molecule has 5 aromatic rings. The van der Waals surface area contributed by atoms with E-state index in [4.69, 9.17) is 11.6 Å². The van der Waals surface area contributed by atoms with Crippen molar-refractivity contribution in [1.29, 1.82) is 0 Å². The third kappa shape index (κ3) is 2.72. The van der Waals surface area contributed by atoms with E-state index in [0.29, 0.717) is 0 Å². The van der Waals surface area contributed by atoms with Gasteiger partial charge in [-0.25, -0.2) is 0 Å². The lowest BCUT2D eigenvalue weighted by Crippen LogP contribution is -2.13. The van der Waals surface area contributed by atoms with Crippen LogP contribution in [0.3, 0.4) is 0 Å². The average Bonchev–Trinajstić information content (AvgIpc) is 3.35. The van der Waals surface area contributed by atoms with Gasteiger partial charge in [0.25, 0.3) is 0 Å². The molecule has 1 aliphatic heterocycles. The average molecular weight is 409 g/mol. The predicted molar refractivity (Wildman–Crippen MR) is 125 cm³/mol. The van der Waals surface area contributed by atoms with Crippen molar-refractivity contribution in [3.63, 3.8) is 0 Å². The molecule has 30 heavy (non-hydrogen) atoms. The summed E-state index contributed by atoms with van der Waals surface area (Å²) >= 11 is 6.12. The van der Waals surface area contributed by atoms with Crippen molar-refractivity contribution in [1.82, 2.24) is 9.13 Å². The highest BCUT2D eigenvalue weighted by Crippen LogP contribution is 2.41. The fraction of sp³-hybridized carbons (Fsp3) is 0.111. The summed E-state index contributed by atoms with van der Waals surface area (Å²) in [5.41, 5.74) is 9.22. The number of nitrogens with zero attached hydrogens (tertiary/aromatic N) is 2. The number of hydrogen-bond acceptors (Lipinski definition) is 0. The maximum Gasteiger partial charge on any atom is 0.0695 e. The third-order valence-electron chi connectivity index (χ3n) is 6.21. The lowest BCUT2D eigenvalue weighted by molar-refractivity contribution is 0.683. The second-order valence-corrected chi connectivity index (χ2v) is 8.36. The van der Waals surface area contributed by atoms with Crippen LogP contribution in [-0.4, -0.2) is 9.13 Å². The maximum absolute atomic E-state index is 6.12. The minimum atomic E-state index is 0.773. The van der Waals surface area contributed by atoms with Crippen molar-refractivity contribution in [3.8, 4) is 22.6 Å². The van der Waals surface area contributed by atoms with Gasteiger partial charge in [-0.15, -0.1) is 0 Å². The van der Waals surface area contributed by atoms with Crippen molar-refractivity contribution in [2.24, 2.45) is 0 Å². The topological polar surface area (TPSA) is 9.86 Å². The van der Waals surface area contributed by atoms with Crippen molar-refractivity contribution >= 4 is 22.5 Å². The summed E-state index contributed by atoms with van der Waals surface area (Å²) in [6, 6.07) is 32.3. The van der Waals surface area contributed by atoms with Gasteiger partial charge in [-0.2, -0.15) is 0 Å². The summed E-state index contributed by atoms with van der Waals surface area (Å²) in [7, 11) is 0. The van der Waals surface area contributed by atoms with Gasteiger partial charge >= 0.3 is 0 Å². The van der Waals surface area contributed by atoms with Crippen molar-refractivity contribution in [2.75, 3.05) is 0 Å². The van der Waals surface area contributed by atoms with Gasteiger partial charge in [-0.1, -0.05) is 72.3 Å². The molecule has 0 unspecified atom stereocenters. The molecule has 0 atom stereocenters. The van der Waals surface area contributed by atoms with E-state index in [2.05, 4.69) is 88.0 Å². The molecule has 0 saturated heterocycles. The Morgan fingerprint density at radius 2 is 1.47 bits per heavy atom. The van der Waals surface area contributed by atoms with Crippen LogP contribution in [0.25, 0.3) is 33.5 Å². The van der Waals surface area contributed by atoms with Crippen molar-refractivity contribution in [2.45, 2.75) is 19.5 Å². The molecule has 2 nitrogen and oxygen atoms in total. The van der Waals surface area contributed by atoms with Crippen LogP contribution in [0.4, 0.5) is 0 Å². The monoisotopic (exact) mass is 408 g/mol. The van der Waals surface area contributed by atoms with Crippen LogP contribution in [-0.2, 0) is 19.5 Å². The van der Waals surface area contributed by atoms with E-state index in [1.54, 1.807) is 0 Å². The lowest BCUT2D eigenvalue weighted by atomic mass is 10.0. The Kier molecular flexibility index (Phi) is 4.07. The molecule has 3 aromatic carbocycles. The Labute approximate surface area is 181 Å². The van der Waals surface area contributed by atoms with Gasteiger partial charge in [0.2, 0.25) is 0 Å². The Bertz CT molecular complexity index is 1360. The van der Waals surface area contributed by atoms with Gasteiger partial charge in [0.15, 0.2) is 0 Å². The Morgan fingerprint density at radius 1 is 0.733 bits per heavy atom. The van der Waals surface area contributed by atoms with Crippen LogP contribution in [0, 0.1) is 0 Å². The number of rotatable bonds is 3. The van der Waals surface area contributed by atoms with Gasteiger partial charge in [0.1, 0.15) is 0 Å². The first-order chi connectivity index (χ1) is 14.8. The van der Waals surface area contributed by atoms with Gasteiger partial charge in [-0.3, -0.25) is 0 Å². The number of benzene rings is 3. The zero-order chi connectivity index (χ0) is 20.1. The van der Waals surface area contributed by atoms with Gasteiger partial charge in [0, 0.05) is 34.7 Å². The second-order valence-electron chi connectivity index (χ2n) is 7.93. The quantitative estimate of drug-likeness (QED) is 0.303. The maximum atomic E-state index is 6.12. The fourth-order valence-corrected chi connectivity index (χ4v) is 4.99. The predicted octanol–water partition coefficient (Wildman–Crippen LogP) is 7.03. The first-order valence-corrected chi connectivity index (χ1v) is 10.8. The molecule has 2 aromatic heterocycles. The first-order valence-electron chi connectivity index (χ1n) is 10.4. The minimum Gasteiger partial charge on any atom is -0.339 e. The molecule has 0 radical (unpaired) electrons. The van der Waals surface area contributed by atoms with E-state index in [0.717, 1.165) is 24.5 Å². The Morgan fingerprint density at radius 3 is 2.30 bits per heavy atom. The minimum absolute atomic E-state index is 0.773. The lowest BCUT2D eigenvalue weighted by Gasteiger charge is -2.22. The third-order valence-corrected chi connectivity index (χ3v) is 6.46. The molecular formula is C27H21ClN2. The number of fused-ring (bicyclic) bond motifs is 5. The van der Waals surface area contributed by atoms with Crippen LogP contribution in [0.15, 0.2) is 91.0 Å². The standard InChI is InChI=1S/C27H21ClN2/c28-21-12-10-20(11-13-21)24-14-15-26-27-23(16-17-29(24)26)22-8-4-5-9-25(22)30(27)18-19-6-2-1-3-7-19/h1-15H,16-18H2. The molecule has 0 amide bonds. The smallest absolute Gasteiger partial charge is 0.0695 e. The normalized spacial score (nSPS) is 12.7. The molecule has 0 N–H and O–H groups in total. The van der Waals surface area contributed by atoms with Crippen molar-refractivity contribution < 1.29 is 0 Å². The second kappa shape index (κ2) is 6.93. The SMILES string of the molecule is Clc1ccc(-c2ccc3n2CCc2c-3n(Cc3ccccc3)c3ccccc23)cc1. The summed E-state index contributed by atoms with van der Waals surface area (Å²) in [5, 5.41) is 2.15. The van der Waals surface area contributed by atoms with Gasteiger partial charge in [-0.05, 0) is 53.4 Å². The molecule has 6 rings (SSSR count). The molecule has 0 spiro atoms. The molecular weight excluding hydrogens is 388 g/mol. The summed E-state index contributed by atoms with van der Waals surface area (Å²) in [5.74, 6) is 0. The summed E-state index contributed by atoms with van der Waals surface area (Å²) in [6.45, 7) is 1.87. The summed E-state index contributed by atoms with van der Waals surface area (Å²) in [4.78, 5) is 0. The highest BCUT2D eigenvalue weighted by molar-refractivity contribution is 6.30. The molecule has 1 aliphatic rings. The van der Waals surface area contributed by atoms with Crippen LogP contribution in [0.5, 0.6) is 0 Å². The zero-order valence-electron chi connectivity index (χ0n) is 16.6. The van der Waals surface area contributed by atoms with E-state index in [1.807, 2.05) is 12.1 Å². The highest BCUT2D eigenvalue weighted by atomic mass is 35.5. The molecule has 0 saturated carbocycles. The molecule has 0 aliphatic carbocycles. The number of aryl methyl sites for hydroxylation is 1. The van der Waals surface area contributed by atoms with Crippen LogP contribution in [0.1, 0.15) is 11.1 Å². The zero-order valence-corrected chi connectivity index (χ0v) is 17.3. The molecule has 0 bridgehead atoms. The highest BCUT2D eigenvalue weighted by Gasteiger charge is 2.26. The van der Waals surface area contributed by atoms with Crippen LogP contribution >= 0.6 is 11.6 Å². The van der Waals surface area contributed by atoms with Gasteiger partial charge in [0.05, 0.1) is 11.4 Å². The molecule has 146 valence electrons. The Balaban J connectivity index is 1.56. The number of para-hydroxylation sites is 1. The van der Waals surface area contributed by atoms with Crippen molar-refractivity contribution in [3.05, 3.63) is 107 Å². The van der Waals surface area contributed by atoms with E-state index in [9.17, 15) is 0 Å². The number of halogens is 1. The van der Waals surface area contributed by atoms with E-state index < -0.39 is 0 Å². The Hall–Kier alpha value is -3.23. The van der Waals surface area contributed by atoms with Crippen LogP contribution < -0.4 is 0 Å². The first kappa shape index (κ1) is 17.6. The molecule has 3 heterocycles. The molecule has 0 fully saturated rings. The molecule has 3 heteroatoms. The van der Waals surface area contributed by atoms with Gasteiger partial charge < -0.3 is 9.13 Å². The largest absolute Gasteiger partial charge is 0.339 e. The van der Waals surface area contributed by atoms with E-state index in [1.165, 1.54) is 44.7 Å². The van der Waals surface area contributed by atoms with Crippen LogP contribution in [0.2, 0.25) is 5.02 Å². The van der Waals surface area contributed by atoms with E-state index in [-0.39, 0.29) is 0 Å². The summed E-state index contributed by atoms with van der Waals surface area (Å²) < 4.78 is 4.96. The number of aromatic nitrogens is 2. The van der Waals surface area contributed by atoms with E-state index >= 15 is 0 Å². The summed E-state index contributed by atoms with van der Waals surface area (Å²) in [6.07, 6.45) is 1.04. The number of hydrogen-bond donors (Lipinski definition) is 0.